The normalized spacial score (nSPS) is 15.0. The minimum absolute atomic E-state index is 0.0989. The molecule has 1 aromatic heterocycles. The second kappa shape index (κ2) is 7.43. The summed E-state index contributed by atoms with van der Waals surface area (Å²) >= 11 is 0.732. The topological polar surface area (TPSA) is 89.8 Å². The Kier molecular flexibility index (Phi) is 5.08. The van der Waals surface area contributed by atoms with Gasteiger partial charge in [-0.3, -0.25) is 14.9 Å². The van der Waals surface area contributed by atoms with Crippen molar-refractivity contribution < 1.29 is 19.2 Å². The SMILES string of the molecule is O=C(O[C@@H](C(=O)N1CCCC1)c1ccccc1)c1ccc([N+](=O)[O-])s1. The number of ether oxygens (including phenoxy) is 1. The summed E-state index contributed by atoms with van der Waals surface area (Å²) in [6, 6.07) is 11.4. The van der Waals surface area contributed by atoms with Gasteiger partial charge >= 0.3 is 11.0 Å². The first-order chi connectivity index (χ1) is 12.1. The quantitative estimate of drug-likeness (QED) is 0.464. The maximum absolute atomic E-state index is 12.8. The molecule has 0 saturated carbocycles. The minimum Gasteiger partial charge on any atom is -0.443 e. The average Bonchev–Trinajstić information content (AvgIpc) is 3.31. The number of nitro groups is 1. The van der Waals surface area contributed by atoms with Gasteiger partial charge < -0.3 is 9.64 Å². The zero-order chi connectivity index (χ0) is 17.8. The molecule has 130 valence electrons. The summed E-state index contributed by atoms with van der Waals surface area (Å²) in [5.74, 6) is -0.998. The highest BCUT2D eigenvalue weighted by Crippen LogP contribution is 2.28. The highest BCUT2D eigenvalue weighted by molar-refractivity contribution is 7.17. The summed E-state index contributed by atoms with van der Waals surface area (Å²) in [6.45, 7) is 1.29. The molecular formula is C17H16N2O5S. The molecule has 7 nitrogen and oxygen atoms in total. The number of amides is 1. The van der Waals surface area contributed by atoms with Crippen molar-refractivity contribution in [2.75, 3.05) is 13.1 Å². The number of rotatable bonds is 5. The highest BCUT2D eigenvalue weighted by atomic mass is 32.1. The summed E-state index contributed by atoms with van der Waals surface area (Å²) in [5.41, 5.74) is 0.582. The van der Waals surface area contributed by atoms with Crippen LogP contribution in [-0.4, -0.2) is 34.8 Å². The summed E-state index contributed by atoms with van der Waals surface area (Å²) in [6.07, 6.45) is 0.810. The number of carbonyl (C=O) groups excluding carboxylic acids is 2. The lowest BCUT2D eigenvalue weighted by Crippen LogP contribution is -2.34. The zero-order valence-electron chi connectivity index (χ0n) is 13.3. The van der Waals surface area contributed by atoms with Crippen LogP contribution in [0.1, 0.15) is 34.2 Å². The lowest BCUT2D eigenvalue weighted by Gasteiger charge is -2.23. The van der Waals surface area contributed by atoms with Gasteiger partial charge in [0, 0.05) is 24.7 Å². The second-order valence-corrected chi connectivity index (χ2v) is 6.69. The van der Waals surface area contributed by atoms with Crippen molar-refractivity contribution in [1.82, 2.24) is 4.90 Å². The van der Waals surface area contributed by atoms with Crippen LogP contribution in [-0.2, 0) is 9.53 Å². The van der Waals surface area contributed by atoms with Gasteiger partial charge in [0.05, 0.1) is 4.92 Å². The smallest absolute Gasteiger partial charge is 0.349 e. The molecule has 1 atom stereocenters. The molecule has 0 radical (unpaired) electrons. The van der Waals surface area contributed by atoms with Crippen LogP contribution in [0.4, 0.5) is 5.00 Å². The van der Waals surface area contributed by atoms with Gasteiger partial charge in [-0.2, -0.15) is 0 Å². The van der Waals surface area contributed by atoms with E-state index < -0.39 is 17.0 Å². The summed E-state index contributed by atoms with van der Waals surface area (Å²) in [4.78, 5) is 37.1. The molecule has 3 rings (SSSR count). The van der Waals surface area contributed by atoms with Gasteiger partial charge in [0.1, 0.15) is 4.88 Å². The van der Waals surface area contributed by atoms with E-state index in [4.69, 9.17) is 4.74 Å². The fraction of sp³-hybridized carbons (Fsp3) is 0.294. The fourth-order valence-electron chi connectivity index (χ4n) is 2.69. The summed E-state index contributed by atoms with van der Waals surface area (Å²) < 4.78 is 5.45. The van der Waals surface area contributed by atoms with Crippen LogP contribution in [0.3, 0.4) is 0 Å². The van der Waals surface area contributed by atoms with E-state index in [1.165, 1.54) is 12.1 Å². The number of esters is 1. The molecule has 0 bridgehead atoms. The third kappa shape index (κ3) is 3.85. The molecule has 0 N–H and O–H groups in total. The Balaban J connectivity index is 1.82. The molecular weight excluding hydrogens is 344 g/mol. The zero-order valence-corrected chi connectivity index (χ0v) is 14.1. The van der Waals surface area contributed by atoms with E-state index in [1.54, 1.807) is 29.2 Å². The Hall–Kier alpha value is -2.74. The van der Waals surface area contributed by atoms with Crippen molar-refractivity contribution in [3.8, 4) is 0 Å². The molecule has 1 fully saturated rings. The highest BCUT2D eigenvalue weighted by Gasteiger charge is 2.31. The molecule has 0 spiro atoms. The lowest BCUT2D eigenvalue weighted by molar-refractivity contribution is -0.380. The third-order valence-electron chi connectivity index (χ3n) is 3.94. The minimum atomic E-state index is -1.05. The monoisotopic (exact) mass is 360 g/mol. The van der Waals surface area contributed by atoms with Crippen molar-refractivity contribution in [2.24, 2.45) is 0 Å². The number of hydrogen-bond acceptors (Lipinski definition) is 6. The van der Waals surface area contributed by atoms with Gasteiger partial charge in [-0.05, 0) is 18.9 Å². The molecule has 0 aliphatic carbocycles. The van der Waals surface area contributed by atoms with Gasteiger partial charge in [0.25, 0.3) is 5.91 Å². The number of thiophene rings is 1. The van der Waals surface area contributed by atoms with Crippen LogP contribution >= 0.6 is 11.3 Å². The number of carbonyl (C=O) groups is 2. The standard InChI is InChI=1S/C17H16N2O5S/c20-16(18-10-4-5-11-18)15(12-6-2-1-3-7-12)24-17(21)13-8-9-14(25-13)19(22)23/h1-3,6-9,15H,4-5,10-11H2/t15-/m1/s1. The molecule has 1 aromatic carbocycles. The summed E-state index contributed by atoms with van der Waals surface area (Å²) in [7, 11) is 0. The number of likely N-dealkylation sites (tertiary alicyclic amines) is 1. The molecule has 1 aliphatic rings. The first kappa shape index (κ1) is 17.1. The Labute approximate surface area is 148 Å². The van der Waals surface area contributed by atoms with Gasteiger partial charge in [0.15, 0.2) is 0 Å². The molecule has 1 aliphatic heterocycles. The van der Waals surface area contributed by atoms with Gasteiger partial charge in [0.2, 0.25) is 6.10 Å². The van der Waals surface area contributed by atoms with E-state index in [0.29, 0.717) is 18.7 Å². The van der Waals surface area contributed by atoms with E-state index in [-0.39, 0.29) is 15.8 Å². The summed E-state index contributed by atoms with van der Waals surface area (Å²) in [5, 5.41) is 10.6. The predicted molar refractivity (Wildman–Crippen MR) is 91.4 cm³/mol. The maximum Gasteiger partial charge on any atom is 0.349 e. The van der Waals surface area contributed by atoms with Crippen LogP contribution in [0.25, 0.3) is 0 Å². The van der Waals surface area contributed by atoms with Crippen molar-refractivity contribution >= 4 is 28.2 Å². The van der Waals surface area contributed by atoms with Crippen molar-refractivity contribution in [1.29, 1.82) is 0 Å². The van der Waals surface area contributed by atoms with Crippen LogP contribution < -0.4 is 0 Å². The Bertz CT molecular complexity index is 783. The molecule has 2 heterocycles. The largest absolute Gasteiger partial charge is 0.443 e. The Morgan fingerprint density at radius 2 is 1.80 bits per heavy atom. The Morgan fingerprint density at radius 3 is 2.40 bits per heavy atom. The maximum atomic E-state index is 12.8. The van der Waals surface area contributed by atoms with E-state index in [9.17, 15) is 19.7 Å². The van der Waals surface area contributed by atoms with E-state index in [1.807, 2.05) is 6.07 Å². The molecule has 2 aromatic rings. The van der Waals surface area contributed by atoms with Gasteiger partial charge in [-0.1, -0.05) is 41.7 Å². The molecule has 0 unspecified atom stereocenters. The lowest BCUT2D eigenvalue weighted by atomic mass is 10.1. The molecule has 25 heavy (non-hydrogen) atoms. The van der Waals surface area contributed by atoms with E-state index in [2.05, 4.69) is 0 Å². The first-order valence-corrected chi connectivity index (χ1v) is 8.67. The van der Waals surface area contributed by atoms with E-state index in [0.717, 1.165) is 24.2 Å². The number of hydrogen-bond donors (Lipinski definition) is 0. The van der Waals surface area contributed by atoms with Crippen LogP contribution in [0.15, 0.2) is 42.5 Å². The van der Waals surface area contributed by atoms with Gasteiger partial charge in [-0.15, -0.1) is 0 Å². The third-order valence-corrected chi connectivity index (χ3v) is 4.96. The molecule has 8 heteroatoms. The van der Waals surface area contributed by atoms with Crippen molar-refractivity contribution in [3.05, 3.63) is 63.0 Å². The van der Waals surface area contributed by atoms with Crippen molar-refractivity contribution in [2.45, 2.75) is 18.9 Å². The number of nitrogens with zero attached hydrogens (tertiary/aromatic N) is 2. The second-order valence-electron chi connectivity index (χ2n) is 5.62. The molecule has 1 saturated heterocycles. The van der Waals surface area contributed by atoms with Crippen LogP contribution in [0.5, 0.6) is 0 Å². The van der Waals surface area contributed by atoms with Crippen LogP contribution in [0.2, 0.25) is 0 Å². The number of benzene rings is 1. The Morgan fingerprint density at radius 1 is 1.12 bits per heavy atom. The first-order valence-electron chi connectivity index (χ1n) is 7.85. The van der Waals surface area contributed by atoms with Gasteiger partial charge in [-0.25, -0.2) is 4.79 Å². The van der Waals surface area contributed by atoms with Crippen LogP contribution in [0, 0.1) is 10.1 Å². The predicted octanol–water partition coefficient (Wildman–Crippen LogP) is 3.18. The molecule has 1 amide bonds. The fourth-order valence-corrected chi connectivity index (χ4v) is 3.40. The average molecular weight is 360 g/mol. The van der Waals surface area contributed by atoms with Crippen molar-refractivity contribution in [3.63, 3.8) is 0 Å². The van der Waals surface area contributed by atoms with E-state index >= 15 is 0 Å².